The minimum absolute atomic E-state index is 0.153. The Hall–Kier alpha value is -2.57. The summed E-state index contributed by atoms with van der Waals surface area (Å²) in [7, 11) is 0. The topological polar surface area (TPSA) is 62.3 Å². The summed E-state index contributed by atoms with van der Waals surface area (Å²) in [4.78, 5) is 31.4. The Morgan fingerprint density at radius 3 is 2.55 bits per heavy atom. The van der Waals surface area contributed by atoms with Crippen molar-refractivity contribution in [3.05, 3.63) is 70.9 Å². The van der Waals surface area contributed by atoms with Gasteiger partial charge in [0, 0.05) is 35.7 Å². The maximum Gasteiger partial charge on any atom is 0.256 e. The van der Waals surface area contributed by atoms with Gasteiger partial charge < -0.3 is 10.2 Å². The summed E-state index contributed by atoms with van der Waals surface area (Å²) >= 11 is 7.96. The molecule has 1 fully saturated rings. The van der Waals surface area contributed by atoms with Crippen LogP contribution in [0.4, 0.5) is 5.69 Å². The summed E-state index contributed by atoms with van der Waals surface area (Å²) in [6.07, 6.45) is 0.378. The van der Waals surface area contributed by atoms with Gasteiger partial charge in [-0.15, -0.1) is 0 Å². The fourth-order valence-corrected chi connectivity index (χ4v) is 4.44. The Morgan fingerprint density at radius 2 is 1.79 bits per heavy atom. The monoisotopic (exact) mass is 425 g/mol. The number of amides is 2. The van der Waals surface area contributed by atoms with E-state index in [1.54, 1.807) is 6.07 Å². The lowest BCUT2D eigenvalue weighted by Crippen LogP contribution is -2.38. The lowest BCUT2D eigenvalue weighted by atomic mass is 10.1. The second kappa shape index (κ2) is 8.84. The van der Waals surface area contributed by atoms with E-state index in [4.69, 9.17) is 11.6 Å². The fourth-order valence-electron chi connectivity index (χ4n) is 3.33. The summed E-state index contributed by atoms with van der Waals surface area (Å²) in [6.45, 7) is 1.64. The predicted molar refractivity (Wildman–Crippen MR) is 119 cm³/mol. The molecular formula is C22H20ClN3O2S. The van der Waals surface area contributed by atoms with Crippen LogP contribution in [0.2, 0.25) is 5.15 Å². The van der Waals surface area contributed by atoms with E-state index in [0.29, 0.717) is 23.2 Å². The summed E-state index contributed by atoms with van der Waals surface area (Å²) in [5.74, 6) is 1.91. The second-order valence-electron chi connectivity index (χ2n) is 6.83. The standard InChI is InChI=1S/C22H20ClN3O2S/c23-20-14-18(17-3-1-2-4-19(17)25-20)22(28)24-16-7-5-15(6-8-16)13-21(27)26-9-11-29-12-10-26/h1-8,14H,9-13H2,(H,24,28). The number of hydrogen-bond donors (Lipinski definition) is 1. The average Bonchev–Trinajstić information content (AvgIpc) is 2.75. The molecule has 0 spiro atoms. The number of benzene rings is 2. The number of hydrogen-bond acceptors (Lipinski definition) is 4. The number of nitrogens with one attached hydrogen (secondary N) is 1. The highest BCUT2D eigenvalue weighted by molar-refractivity contribution is 7.99. The quantitative estimate of drug-likeness (QED) is 0.634. The molecule has 1 aliphatic heterocycles. The van der Waals surface area contributed by atoms with Crippen molar-refractivity contribution in [1.82, 2.24) is 9.88 Å². The number of carbonyl (C=O) groups excluding carboxylic acids is 2. The molecule has 0 bridgehead atoms. The first-order chi connectivity index (χ1) is 14.1. The predicted octanol–water partition coefficient (Wildman–Crippen LogP) is 4.26. The van der Waals surface area contributed by atoms with Crippen molar-refractivity contribution in [3.63, 3.8) is 0 Å². The molecular weight excluding hydrogens is 406 g/mol. The highest BCUT2D eigenvalue weighted by Crippen LogP contribution is 2.22. The van der Waals surface area contributed by atoms with Crippen molar-refractivity contribution in [2.75, 3.05) is 29.9 Å². The molecule has 0 atom stereocenters. The Kier molecular flexibility index (Phi) is 6.02. The zero-order chi connectivity index (χ0) is 20.2. The third-order valence-corrected chi connectivity index (χ3v) is 6.00. The lowest BCUT2D eigenvalue weighted by Gasteiger charge is -2.26. The molecule has 1 N–H and O–H groups in total. The van der Waals surface area contributed by atoms with Gasteiger partial charge >= 0.3 is 0 Å². The van der Waals surface area contributed by atoms with E-state index in [1.807, 2.05) is 65.2 Å². The van der Waals surface area contributed by atoms with E-state index in [2.05, 4.69) is 10.3 Å². The minimum atomic E-state index is -0.250. The van der Waals surface area contributed by atoms with Gasteiger partial charge in [-0.05, 0) is 29.8 Å². The number of nitrogens with zero attached hydrogens (tertiary/aromatic N) is 2. The lowest BCUT2D eigenvalue weighted by molar-refractivity contribution is -0.130. The third kappa shape index (κ3) is 4.71. The SMILES string of the molecule is O=C(Nc1ccc(CC(=O)N2CCSCC2)cc1)c1cc(Cl)nc2ccccc12. The molecule has 1 aliphatic rings. The maximum absolute atomic E-state index is 12.8. The fraction of sp³-hybridized carbons (Fsp3) is 0.227. The molecule has 0 radical (unpaired) electrons. The molecule has 2 amide bonds. The van der Waals surface area contributed by atoms with Crippen molar-refractivity contribution in [2.45, 2.75) is 6.42 Å². The third-order valence-electron chi connectivity index (χ3n) is 4.86. The first-order valence-corrected chi connectivity index (χ1v) is 10.9. The normalized spacial score (nSPS) is 14.0. The number of carbonyl (C=O) groups is 2. The van der Waals surface area contributed by atoms with Gasteiger partial charge in [0.25, 0.3) is 5.91 Å². The highest BCUT2D eigenvalue weighted by Gasteiger charge is 2.17. The molecule has 7 heteroatoms. The number of pyridine rings is 1. The van der Waals surface area contributed by atoms with Crippen LogP contribution >= 0.6 is 23.4 Å². The number of thioether (sulfide) groups is 1. The van der Waals surface area contributed by atoms with Crippen LogP contribution in [0.3, 0.4) is 0 Å². The summed E-state index contributed by atoms with van der Waals surface area (Å²) in [5, 5.41) is 3.92. The van der Waals surface area contributed by atoms with Gasteiger partial charge in [-0.3, -0.25) is 9.59 Å². The summed E-state index contributed by atoms with van der Waals surface area (Å²) in [6, 6.07) is 16.4. The molecule has 1 aromatic heterocycles. The number of halogens is 1. The van der Waals surface area contributed by atoms with Gasteiger partial charge in [0.05, 0.1) is 17.5 Å². The molecule has 5 nitrogen and oxygen atoms in total. The Bertz CT molecular complexity index is 1050. The first-order valence-electron chi connectivity index (χ1n) is 9.41. The van der Waals surface area contributed by atoms with Gasteiger partial charge in [-0.2, -0.15) is 11.8 Å². The van der Waals surface area contributed by atoms with Crippen LogP contribution in [0.15, 0.2) is 54.6 Å². The van der Waals surface area contributed by atoms with Crippen LogP contribution in [0.5, 0.6) is 0 Å². The maximum atomic E-state index is 12.8. The zero-order valence-electron chi connectivity index (χ0n) is 15.7. The van der Waals surface area contributed by atoms with Crippen LogP contribution in [0, 0.1) is 0 Å². The van der Waals surface area contributed by atoms with Gasteiger partial charge in [-0.1, -0.05) is 41.9 Å². The molecule has 148 valence electrons. The van der Waals surface area contributed by atoms with Gasteiger partial charge in [0.1, 0.15) is 5.15 Å². The largest absolute Gasteiger partial charge is 0.341 e. The number of para-hydroxylation sites is 1. The molecule has 0 unspecified atom stereocenters. The molecule has 4 rings (SSSR count). The van der Waals surface area contributed by atoms with Crippen molar-refractivity contribution in [1.29, 1.82) is 0 Å². The van der Waals surface area contributed by atoms with Crippen LogP contribution in [-0.4, -0.2) is 46.3 Å². The van der Waals surface area contributed by atoms with Crippen LogP contribution in [0.1, 0.15) is 15.9 Å². The van der Waals surface area contributed by atoms with Crippen molar-refractivity contribution in [3.8, 4) is 0 Å². The number of rotatable bonds is 4. The second-order valence-corrected chi connectivity index (χ2v) is 8.44. The van der Waals surface area contributed by atoms with Crippen molar-refractivity contribution in [2.24, 2.45) is 0 Å². The Labute approximate surface area is 178 Å². The van der Waals surface area contributed by atoms with E-state index < -0.39 is 0 Å². The van der Waals surface area contributed by atoms with Crippen LogP contribution in [-0.2, 0) is 11.2 Å². The smallest absolute Gasteiger partial charge is 0.256 e. The van der Waals surface area contributed by atoms with E-state index in [1.165, 1.54) is 0 Å². The molecule has 2 heterocycles. The van der Waals surface area contributed by atoms with E-state index in [0.717, 1.165) is 35.5 Å². The molecule has 0 aliphatic carbocycles. The van der Waals surface area contributed by atoms with Gasteiger partial charge in [0.2, 0.25) is 5.91 Å². The summed E-state index contributed by atoms with van der Waals surface area (Å²) in [5.41, 5.74) is 2.75. The Morgan fingerprint density at radius 1 is 1.07 bits per heavy atom. The van der Waals surface area contributed by atoms with E-state index in [9.17, 15) is 9.59 Å². The minimum Gasteiger partial charge on any atom is -0.341 e. The molecule has 2 aromatic carbocycles. The average molecular weight is 426 g/mol. The molecule has 0 saturated carbocycles. The zero-order valence-corrected chi connectivity index (χ0v) is 17.3. The molecule has 1 saturated heterocycles. The first kappa shape index (κ1) is 19.7. The number of anilines is 1. The molecule has 3 aromatic rings. The van der Waals surface area contributed by atoms with Crippen LogP contribution < -0.4 is 5.32 Å². The van der Waals surface area contributed by atoms with E-state index in [-0.39, 0.29) is 17.0 Å². The van der Waals surface area contributed by atoms with Crippen molar-refractivity contribution < 1.29 is 9.59 Å². The van der Waals surface area contributed by atoms with E-state index >= 15 is 0 Å². The number of aromatic nitrogens is 1. The highest BCUT2D eigenvalue weighted by atomic mass is 35.5. The van der Waals surface area contributed by atoms with Crippen LogP contribution in [0.25, 0.3) is 10.9 Å². The Balaban J connectivity index is 1.45. The van der Waals surface area contributed by atoms with Gasteiger partial charge in [0.15, 0.2) is 0 Å². The molecule has 29 heavy (non-hydrogen) atoms. The van der Waals surface area contributed by atoms with Crippen molar-refractivity contribution >= 4 is 51.8 Å². The van der Waals surface area contributed by atoms with Gasteiger partial charge in [-0.25, -0.2) is 4.98 Å². The summed E-state index contributed by atoms with van der Waals surface area (Å²) < 4.78 is 0. The number of fused-ring (bicyclic) bond motifs is 1.